The Morgan fingerprint density at radius 1 is 1.21 bits per heavy atom. The number of amides is 2. The quantitative estimate of drug-likeness (QED) is 0.591. The maximum Gasteiger partial charge on any atom is 0.471 e. The van der Waals surface area contributed by atoms with Crippen LogP contribution in [0.25, 0.3) is 0 Å². The summed E-state index contributed by atoms with van der Waals surface area (Å²) in [7, 11) is 1.54. The van der Waals surface area contributed by atoms with Crippen molar-refractivity contribution in [2.45, 2.75) is 19.1 Å². The lowest BCUT2D eigenvalue weighted by Gasteiger charge is -2.10. The molecule has 1 aromatic rings. The molecule has 0 radical (unpaired) electrons. The standard InChI is InChI=1S/C15H20F3N3O3/c1-24-8-7-20-13(22)5-6-19-10-11-3-2-4-12(9-11)21-14(23)15(16,17)18/h2-4,9,19H,5-8,10H2,1H3,(H,20,22)(H,21,23). The van der Waals surface area contributed by atoms with Gasteiger partial charge in [0.2, 0.25) is 5.91 Å². The van der Waals surface area contributed by atoms with Crippen LogP contribution in [-0.2, 0) is 20.9 Å². The first-order valence-corrected chi connectivity index (χ1v) is 7.26. The molecule has 0 unspecified atom stereocenters. The van der Waals surface area contributed by atoms with Crippen LogP contribution in [0.4, 0.5) is 18.9 Å². The summed E-state index contributed by atoms with van der Waals surface area (Å²) in [6.07, 6.45) is -4.65. The van der Waals surface area contributed by atoms with Gasteiger partial charge >= 0.3 is 12.1 Å². The number of carbonyl (C=O) groups excluding carboxylic acids is 2. The Hall–Kier alpha value is -2.13. The average Bonchev–Trinajstić information content (AvgIpc) is 2.51. The molecule has 0 atom stereocenters. The van der Waals surface area contributed by atoms with Crippen molar-refractivity contribution in [1.29, 1.82) is 0 Å². The zero-order chi connectivity index (χ0) is 18.0. The fourth-order valence-corrected chi connectivity index (χ4v) is 1.78. The minimum absolute atomic E-state index is 0.0638. The third-order valence-electron chi connectivity index (χ3n) is 2.93. The second-order valence-electron chi connectivity index (χ2n) is 4.92. The second kappa shape index (κ2) is 9.89. The van der Waals surface area contributed by atoms with Crippen LogP contribution in [0.2, 0.25) is 0 Å². The molecule has 0 aliphatic carbocycles. The number of rotatable bonds is 9. The average molecular weight is 347 g/mol. The molecule has 1 rings (SSSR count). The van der Waals surface area contributed by atoms with E-state index in [4.69, 9.17) is 4.74 Å². The van der Waals surface area contributed by atoms with Gasteiger partial charge in [-0.3, -0.25) is 9.59 Å². The molecule has 0 aliphatic heterocycles. The highest BCUT2D eigenvalue weighted by molar-refractivity contribution is 5.94. The van der Waals surface area contributed by atoms with Gasteiger partial charge in [0.1, 0.15) is 0 Å². The predicted octanol–water partition coefficient (Wildman–Crippen LogP) is 1.43. The first-order valence-electron chi connectivity index (χ1n) is 7.26. The molecule has 0 spiro atoms. The van der Waals surface area contributed by atoms with E-state index in [0.717, 1.165) is 0 Å². The summed E-state index contributed by atoms with van der Waals surface area (Å²) in [5.74, 6) is -2.13. The molecule has 0 saturated carbocycles. The van der Waals surface area contributed by atoms with E-state index in [1.165, 1.54) is 12.1 Å². The topological polar surface area (TPSA) is 79.5 Å². The lowest BCUT2D eigenvalue weighted by molar-refractivity contribution is -0.167. The molecule has 24 heavy (non-hydrogen) atoms. The molecule has 0 bridgehead atoms. The molecular formula is C15H20F3N3O3. The van der Waals surface area contributed by atoms with Gasteiger partial charge in [0, 0.05) is 38.9 Å². The predicted molar refractivity (Wildman–Crippen MR) is 82.3 cm³/mol. The summed E-state index contributed by atoms with van der Waals surface area (Å²) in [6.45, 7) is 1.66. The zero-order valence-electron chi connectivity index (χ0n) is 13.2. The maximum absolute atomic E-state index is 12.2. The molecule has 0 aromatic heterocycles. The van der Waals surface area contributed by atoms with Gasteiger partial charge in [0.25, 0.3) is 0 Å². The summed E-state index contributed by atoms with van der Waals surface area (Å²) in [5.41, 5.74) is 0.753. The molecule has 2 amide bonds. The number of benzene rings is 1. The molecule has 0 saturated heterocycles. The monoisotopic (exact) mass is 347 g/mol. The van der Waals surface area contributed by atoms with E-state index in [2.05, 4.69) is 10.6 Å². The van der Waals surface area contributed by atoms with Crippen LogP contribution in [0.3, 0.4) is 0 Å². The van der Waals surface area contributed by atoms with E-state index in [-0.39, 0.29) is 18.0 Å². The van der Waals surface area contributed by atoms with Gasteiger partial charge in [-0.25, -0.2) is 0 Å². The fraction of sp³-hybridized carbons (Fsp3) is 0.467. The molecule has 0 fully saturated rings. The number of alkyl halides is 3. The summed E-state index contributed by atoms with van der Waals surface area (Å²) >= 11 is 0. The molecule has 6 nitrogen and oxygen atoms in total. The Kier molecular flexibility index (Phi) is 8.20. The summed E-state index contributed by atoms with van der Waals surface area (Å²) < 4.78 is 41.4. The Morgan fingerprint density at radius 3 is 2.62 bits per heavy atom. The van der Waals surface area contributed by atoms with Gasteiger partial charge in [-0.05, 0) is 17.7 Å². The number of anilines is 1. The normalized spacial score (nSPS) is 11.2. The molecule has 3 N–H and O–H groups in total. The first-order chi connectivity index (χ1) is 11.3. The van der Waals surface area contributed by atoms with Gasteiger partial charge < -0.3 is 20.7 Å². The van der Waals surface area contributed by atoms with Crippen LogP contribution >= 0.6 is 0 Å². The highest BCUT2D eigenvalue weighted by Gasteiger charge is 2.38. The Bertz CT molecular complexity index is 550. The molecule has 134 valence electrons. The number of hydrogen-bond donors (Lipinski definition) is 3. The highest BCUT2D eigenvalue weighted by atomic mass is 19.4. The van der Waals surface area contributed by atoms with E-state index in [9.17, 15) is 22.8 Å². The second-order valence-corrected chi connectivity index (χ2v) is 4.92. The lowest BCUT2D eigenvalue weighted by atomic mass is 10.2. The van der Waals surface area contributed by atoms with Gasteiger partial charge in [-0.2, -0.15) is 13.2 Å². The summed E-state index contributed by atoms with van der Waals surface area (Å²) in [5, 5.41) is 7.47. The number of hydrogen-bond acceptors (Lipinski definition) is 4. The van der Waals surface area contributed by atoms with Crippen LogP contribution in [0.5, 0.6) is 0 Å². The fourth-order valence-electron chi connectivity index (χ4n) is 1.78. The molecule has 0 heterocycles. The van der Waals surface area contributed by atoms with Crippen molar-refractivity contribution in [2.24, 2.45) is 0 Å². The number of methoxy groups -OCH3 is 1. The van der Waals surface area contributed by atoms with Crippen molar-refractivity contribution in [3.05, 3.63) is 29.8 Å². The smallest absolute Gasteiger partial charge is 0.383 e. The molecule has 1 aromatic carbocycles. The maximum atomic E-state index is 12.2. The largest absolute Gasteiger partial charge is 0.471 e. The van der Waals surface area contributed by atoms with Crippen molar-refractivity contribution >= 4 is 17.5 Å². The summed E-state index contributed by atoms with van der Waals surface area (Å²) in [6, 6.07) is 6.06. The SMILES string of the molecule is COCCNC(=O)CCNCc1cccc(NC(=O)C(F)(F)F)c1. The number of halogens is 3. The zero-order valence-corrected chi connectivity index (χ0v) is 13.2. The first kappa shape index (κ1) is 19.9. The van der Waals surface area contributed by atoms with Crippen molar-refractivity contribution in [1.82, 2.24) is 10.6 Å². The third kappa shape index (κ3) is 7.93. The lowest BCUT2D eigenvalue weighted by Crippen LogP contribution is -2.30. The number of ether oxygens (including phenoxy) is 1. The molecule has 9 heteroatoms. The van der Waals surface area contributed by atoms with E-state index in [1.54, 1.807) is 24.6 Å². The number of carbonyl (C=O) groups is 2. The van der Waals surface area contributed by atoms with Crippen LogP contribution in [-0.4, -0.2) is 44.8 Å². The van der Waals surface area contributed by atoms with Crippen molar-refractivity contribution < 1.29 is 27.5 Å². The van der Waals surface area contributed by atoms with E-state index < -0.39 is 12.1 Å². The summed E-state index contributed by atoms with van der Waals surface area (Å²) in [4.78, 5) is 22.3. The van der Waals surface area contributed by atoms with Gasteiger partial charge in [-0.15, -0.1) is 0 Å². The van der Waals surface area contributed by atoms with Crippen molar-refractivity contribution in [3.63, 3.8) is 0 Å². The van der Waals surface area contributed by atoms with Crippen LogP contribution < -0.4 is 16.0 Å². The molecule has 0 aliphatic rings. The van der Waals surface area contributed by atoms with Crippen LogP contribution in [0.15, 0.2) is 24.3 Å². The molecular weight excluding hydrogens is 327 g/mol. The van der Waals surface area contributed by atoms with Crippen molar-refractivity contribution in [2.75, 3.05) is 32.1 Å². The van der Waals surface area contributed by atoms with Crippen LogP contribution in [0.1, 0.15) is 12.0 Å². The Labute approximate surface area is 137 Å². The van der Waals surface area contributed by atoms with Crippen LogP contribution in [0, 0.1) is 0 Å². The Balaban J connectivity index is 2.35. The van der Waals surface area contributed by atoms with Crippen molar-refractivity contribution in [3.8, 4) is 0 Å². The minimum Gasteiger partial charge on any atom is -0.383 e. The van der Waals surface area contributed by atoms with Gasteiger partial charge in [0.05, 0.1) is 6.61 Å². The van der Waals surface area contributed by atoms with E-state index >= 15 is 0 Å². The third-order valence-corrected chi connectivity index (χ3v) is 2.93. The minimum atomic E-state index is -4.93. The van der Waals surface area contributed by atoms with E-state index in [1.807, 2.05) is 0 Å². The highest BCUT2D eigenvalue weighted by Crippen LogP contribution is 2.18. The Morgan fingerprint density at radius 2 is 1.96 bits per heavy atom. The number of nitrogens with one attached hydrogen (secondary N) is 3. The van der Waals surface area contributed by atoms with E-state index in [0.29, 0.717) is 31.8 Å². The van der Waals surface area contributed by atoms with Gasteiger partial charge in [-0.1, -0.05) is 12.1 Å². The van der Waals surface area contributed by atoms with Gasteiger partial charge in [0.15, 0.2) is 0 Å².